The van der Waals surface area contributed by atoms with Crippen molar-refractivity contribution in [1.29, 1.82) is 0 Å². The van der Waals surface area contributed by atoms with Gasteiger partial charge in [-0.3, -0.25) is 9.69 Å². The molecule has 2 unspecified atom stereocenters. The Morgan fingerprint density at radius 1 is 1.39 bits per heavy atom. The summed E-state index contributed by atoms with van der Waals surface area (Å²) in [4.78, 5) is 14.2. The lowest BCUT2D eigenvalue weighted by atomic mass is 10.0. The molecule has 4 heteroatoms. The number of likely N-dealkylation sites (tertiary alicyclic amines) is 1. The smallest absolute Gasteiger partial charge is 0.234 e. The lowest BCUT2D eigenvalue weighted by molar-refractivity contribution is -0.122. The summed E-state index contributed by atoms with van der Waals surface area (Å²) < 4.78 is 0. The summed E-state index contributed by atoms with van der Waals surface area (Å²) in [5, 5.41) is 6.60. The van der Waals surface area contributed by atoms with E-state index in [9.17, 15) is 4.79 Å². The van der Waals surface area contributed by atoms with Crippen molar-refractivity contribution in [2.45, 2.75) is 57.5 Å². The molecular formula is C14H27N3O. The van der Waals surface area contributed by atoms with Gasteiger partial charge in [-0.2, -0.15) is 0 Å². The summed E-state index contributed by atoms with van der Waals surface area (Å²) >= 11 is 0. The third-order valence-electron chi connectivity index (χ3n) is 4.18. The number of unbranched alkanes of at least 4 members (excludes halogenated alkanes) is 1. The molecule has 18 heavy (non-hydrogen) atoms. The second kappa shape index (κ2) is 7.10. The van der Waals surface area contributed by atoms with Crippen LogP contribution in [-0.2, 0) is 4.79 Å². The maximum absolute atomic E-state index is 11.9. The van der Waals surface area contributed by atoms with Gasteiger partial charge in [0.05, 0.1) is 6.54 Å². The first-order valence-corrected chi connectivity index (χ1v) is 7.55. The van der Waals surface area contributed by atoms with E-state index in [2.05, 4.69) is 22.5 Å². The normalized spacial score (nSPS) is 28.7. The predicted molar refractivity (Wildman–Crippen MR) is 73.5 cm³/mol. The van der Waals surface area contributed by atoms with Crippen LogP contribution in [0.25, 0.3) is 0 Å². The largest absolute Gasteiger partial charge is 0.355 e. The average Bonchev–Trinajstić information content (AvgIpc) is 2.99. The Labute approximate surface area is 110 Å². The van der Waals surface area contributed by atoms with Gasteiger partial charge in [-0.15, -0.1) is 0 Å². The van der Waals surface area contributed by atoms with Gasteiger partial charge in [-0.1, -0.05) is 13.3 Å². The molecule has 0 aromatic rings. The van der Waals surface area contributed by atoms with E-state index >= 15 is 0 Å². The fourth-order valence-electron chi connectivity index (χ4n) is 3.19. The lowest BCUT2D eigenvalue weighted by Gasteiger charge is -2.28. The Balaban J connectivity index is 1.74. The number of hydrogen-bond donors (Lipinski definition) is 2. The standard InChI is InChI=1S/C14H27N3O/c1-2-3-8-16-14(18)11-17-10-5-7-13(17)12-6-4-9-15-12/h12-13,15H,2-11H2,1H3,(H,16,18). The number of nitrogens with one attached hydrogen (secondary N) is 2. The summed E-state index contributed by atoms with van der Waals surface area (Å²) in [7, 11) is 0. The van der Waals surface area contributed by atoms with Gasteiger partial charge in [0.2, 0.25) is 5.91 Å². The minimum atomic E-state index is 0.202. The topological polar surface area (TPSA) is 44.4 Å². The van der Waals surface area contributed by atoms with E-state index < -0.39 is 0 Å². The second-order valence-corrected chi connectivity index (χ2v) is 5.59. The fourth-order valence-corrected chi connectivity index (χ4v) is 3.19. The molecule has 0 radical (unpaired) electrons. The Hall–Kier alpha value is -0.610. The average molecular weight is 253 g/mol. The van der Waals surface area contributed by atoms with Crippen molar-refractivity contribution in [3.05, 3.63) is 0 Å². The Morgan fingerprint density at radius 2 is 2.28 bits per heavy atom. The van der Waals surface area contributed by atoms with Crippen LogP contribution in [0.3, 0.4) is 0 Å². The zero-order chi connectivity index (χ0) is 12.8. The second-order valence-electron chi connectivity index (χ2n) is 5.59. The first-order valence-electron chi connectivity index (χ1n) is 7.55. The molecule has 2 atom stereocenters. The highest BCUT2D eigenvalue weighted by Crippen LogP contribution is 2.24. The van der Waals surface area contributed by atoms with Crippen LogP contribution in [0.1, 0.15) is 45.4 Å². The quantitative estimate of drug-likeness (QED) is 0.697. The first kappa shape index (κ1) is 13.8. The molecule has 2 aliphatic heterocycles. The van der Waals surface area contributed by atoms with Gasteiger partial charge >= 0.3 is 0 Å². The highest BCUT2D eigenvalue weighted by molar-refractivity contribution is 5.78. The monoisotopic (exact) mass is 253 g/mol. The van der Waals surface area contributed by atoms with Crippen molar-refractivity contribution in [1.82, 2.24) is 15.5 Å². The van der Waals surface area contributed by atoms with Crippen molar-refractivity contribution in [3.8, 4) is 0 Å². The Bertz CT molecular complexity index is 264. The predicted octanol–water partition coefficient (Wildman–Crippen LogP) is 1.12. The van der Waals surface area contributed by atoms with Gasteiger partial charge < -0.3 is 10.6 Å². The number of carbonyl (C=O) groups is 1. The molecule has 2 saturated heterocycles. The zero-order valence-corrected chi connectivity index (χ0v) is 11.6. The molecule has 2 heterocycles. The summed E-state index contributed by atoms with van der Waals surface area (Å²) in [6.45, 7) is 5.80. The fraction of sp³-hybridized carbons (Fsp3) is 0.929. The van der Waals surface area contributed by atoms with Crippen LogP contribution in [0.5, 0.6) is 0 Å². The summed E-state index contributed by atoms with van der Waals surface area (Å²) in [6.07, 6.45) is 7.28. The Morgan fingerprint density at radius 3 is 3.00 bits per heavy atom. The lowest BCUT2D eigenvalue weighted by Crippen LogP contribution is -2.47. The molecule has 0 spiro atoms. The Kier molecular flexibility index (Phi) is 5.45. The van der Waals surface area contributed by atoms with Crippen LogP contribution < -0.4 is 10.6 Å². The van der Waals surface area contributed by atoms with Crippen molar-refractivity contribution in [3.63, 3.8) is 0 Å². The maximum Gasteiger partial charge on any atom is 0.234 e. The highest BCUT2D eigenvalue weighted by atomic mass is 16.2. The van der Waals surface area contributed by atoms with Crippen molar-refractivity contribution in [2.24, 2.45) is 0 Å². The maximum atomic E-state index is 11.9. The third kappa shape index (κ3) is 3.69. The number of hydrogen-bond acceptors (Lipinski definition) is 3. The molecule has 0 saturated carbocycles. The number of rotatable bonds is 6. The molecule has 1 amide bonds. The zero-order valence-electron chi connectivity index (χ0n) is 11.6. The molecule has 2 N–H and O–H groups in total. The summed E-state index contributed by atoms with van der Waals surface area (Å²) in [6, 6.07) is 1.21. The van der Waals surface area contributed by atoms with Crippen LogP contribution >= 0.6 is 0 Å². The number of carbonyl (C=O) groups excluding carboxylic acids is 1. The van der Waals surface area contributed by atoms with Gasteiger partial charge in [0.1, 0.15) is 0 Å². The van der Waals surface area contributed by atoms with E-state index in [1.165, 1.54) is 25.7 Å². The molecular weight excluding hydrogens is 226 g/mol. The highest BCUT2D eigenvalue weighted by Gasteiger charge is 2.33. The van der Waals surface area contributed by atoms with Crippen LogP contribution in [-0.4, -0.2) is 49.1 Å². The summed E-state index contributed by atoms with van der Waals surface area (Å²) in [5.74, 6) is 0.202. The van der Waals surface area contributed by atoms with Crippen molar-refractivity contribution >= 4 is 5.91 Å². The van der Waals surface area contributed by atoms with Gasteiger partial charge in [-0.25, -0.2) is 0 Å². The van der Waals surface area contributed by atoms with Crippen LogP contribution in [0.15, 0.2) is 0 Å². The van der Waals surface area contributed by atoms with Gasteiger partial charge in [0.15, 0.2) is 0 Å². The molecule has 2 aliphatic rings. The minimum Gasteiger partial charge on any atom is -0.355 e. The molecule has 0 aromatic carbocycles. The van der Waals surface area contributed by atoms with E-state index in [1.54, 1.807) is 0 Å². The molecule has 0 bridgehead atoms. The van der Waals surface area contributed by atoms with Gasteiger partial charge in [0.25, 0.3) is 0 Å². The van der Waals surface area contributed by atoms with Crippen molar-refractivity contribution < 1.29 is 4.79 Å². The summed E-state index contributed by atoms with van der Waals surface area (Å²) in [5.41, 5.74) is 0. The van der Waals surface area contributed by atoms with Crippen LogP contribution in [0.4, 0.5) is 0 Å². The van der Waals surface area contributed by atoms with E-state index in [4.69, 9.17) is 0 Å². The van der Waals surface area contributed by atoms with E-state index in [0.717, 1.165) is 32.5 Å². The minimum absolute atomic E-state index is 0.202. The SMILES string of the molecule is CCCCNC(=O)CN1CCCC1C1CCCN1. The van der Waals surface area contributed by atoms with Gasteiger partial charge in [-0.05, 0) is 45.2 Å². The van der Waals surface area contributed by atoms with Gasteiger partial charge in [0, 0.05) is 18.6 Å². The van der Waals surface area contributed by atoms with E-state index in [-0.39, 0.29) is 5.91 Å². The third-order valence-corrected chi connectivity index (χ3v) is 4.18. The van der Waals surface area contributed by atoms with E-state index in [0.29, 0.717) is 18.6 Å². The number of nitrogens with zero attached hydrogens (tertiary/aromatic N) is 1. The van der Waals surface area contributed by atoms with E-state index in [1.807, 2.05) is 0 Å². The van der Waals surface area contributed by atoms with Crippen molar-refractivity contribution in [2.75, 3.05) is 26.2 Å². The molecule has 0 aromatic heterocycles. The van der Waals surface area contributed by atoms with Crippen LogP contribution in [0.2, 0.25) is 0 Å². The molecule has 4 nitrogen and oxygen atoms in total. The first-order chi connectivity index (χ1) is 8.81. The molecule has 104 valence electrons. The molecule has 2 rings (SSSR count). The molecule has 0 aliphatic carbocycles. The van der Waals surface area contributed by atoms with Crippen LogP contribution in [0, 0.1) is 0 Å². The number of amides is 1. The molecule has 2 fully saturated rings.